The van der Waals surface area contributed by atoms with Crippen molar-refractivity contribution < 1.29 is 9.59 Å². The van der Waals surface area contributed by atoms with Gasteiger partial charge in [-0.25, -0.2) is 0 Å². The lowest BCUT2D eigenvalue weighted by Gasteiger charge is -2.21. The van der Waals surface area contributed by atoms with Gasteiger partial charge in [0.1, 0.15) is 0 Å². The lowest BCUT2D eigenvalue weighted by atomic mass is 9.86. The summed E-state index contributed by atoms with van der Waals surface area (Å²) in [6.45, 7) is 2.48. The monoisotopic (exact) mass is 316 g/mol. The van der Waals surface area contributed by atoms with Crippen LogP contribution in [-0.2, 0) is 4.79 Å². The molecule has 126 valence electrons. The van der Waals surface area contributed by atoms with E-state index in [2.05, 4.69) is 10.6 Å². The number of nitrogens with one attached hydrogen (secondary N) is 2. The molecule has 0 heterocycles. The van der Waals surface area contributed by atoms with Crippen molar-refractivity contribution in [1.29, 1.82) is 0 Å². The summed E-state index contributed by atoms with van der Waals surface area (Å²) < 4.78 is 0. The first kappa shape index (κ1) is 17.5. The van der Waals surface area contributed by atoms with Crippen LogP contribution < -0.4 is 10.6 Å². The molecule has 2 rings (SSSR count). The predicted molar refractivity (Wildman–Crippen MR) is 93.5 cm³/mol. The van der Waals surface area contributed by atoms with Crippen LogP contribution in [0.15, 0.2) is 24.3 Å². The van der Waals surface area contributed by atoms with Gasteiger partial charge >= 0.3 is 0 Å². The van der Waals surface area contributed by atoms with E-state index in [1.54, 1.807) is 18.2 Å². The summed E-state index contributed by atoms with van der Waals surface area (Å²) in [6, 6.07) is 7.09. The first-order chi connectivity index (χ1) is 11.2. The fourth-order valence-electron chi connectivity index (χ4n) is 3.25. The Morgan fingerprint density at radius 2 is 1.96 bits per heavy atom. The molecule has 4 heteroatoms. The van der Waals surface area contributed by atoms with Crippen LogP contribution in [0.25, 0.3) is 0 Å². The number of hydrogen-bond donors (Lipinski definition) is 2. The molecule has 1 saturated carbocycles. The van der Waals surface area contributed by atoms with E-state index in [-0.39, 0.29) is 11.8 Å². The Morgan fingerprint density at radius 3 is 2.70 bits per heavy atom. The van der Waals surface area contributed by atoms with E-state index in [4.69, 9.17) is 0 Å². The molecule has 0 saturated heterocycles. The van der Waals surface area contributed by atoms with E-state index in [0.717, 1.165) is 18.8 Å². The third-order valence-corrected chi connectivity index (χ3v) is 4.49. The minimum absolute atomic E-state index is 0.0360. The zero-order chi connectivity index (χ0) is 16.5. The molecule has 1 aromatic rings. The molecule has 1 aliphatic rings. The minimum Gasteiger partial charge on any atom is -0.352 e. The molecule has 0 unspecified atom stereocenters. The van der Waals surface area contributed by atoms with E-state index < -0.39 is 0 Å². The van der Waals surface area contributed by atoms with Crippen LogP contribution in [0, 0.1) is 5.92 Å². The lowest BCUT2D eigenvalue weighted by molar-refractivity contribution is -0.116. The molecule has 0 spiro atoms. The Morgan fingerprint density at radius 1 is 1.17 bits per heavy atom. The molecule has 1 aliphatic carbocycles. The summed E-state index contributed by atoms with van der Waals surface area (Å²) in [5, 5.41) is 5.66. The molecule has 0 atom stereocenters. The Labute approximate surface area is 139 Å². The average molecular weight is 316 g/mol. The van der Waals surface area contributed by atoms with Gasteiger partial charge in [-0.05, 0) is 43.9 Å². The van der Waals surface area contributed by atoms with E-state index in [1.807, 2.05) is 13.0 Å². The molecule has 0 bridgehead atoms. The van der Waals surface area contributed by atoms with E-state index in [9.17, 15) is 9.59 Å². The van der Waals surface area contributed by atoms with Gasteiger partial charge in [-0.3, -0.25) is 9.59 Å². The number of amides is 2. The van der Waals surface area contributed by atoms with Gasteiger partial charge in [-0.15, -0.1) is 0 Å². The predicted octanol–water partition coefficient (Wildman–Crippen LogP) is 4.13. The van der Waals surface area contributed by atoms with Gasteiger partial charge in [0, 0.05) is 24.2 Å². The smallest absolute Gasteiger partial charge is 0.251 e. The van der Waals surface area contributed by atoms with Crippen molar-refractivity contribution in [2.24, 2.45) is 5.92 Å². The molecule has 1 fully saturated rings. The van der Waals surface area contributed by atoms with Crippen LogP contribution >= 0.6 is 0 Å². The maximum atomic E-state index is 12.0. The quantitative estimate of drug-likeness (QED) is 0.795. The SMILES string of the molecule is CCNC(=O)c1cccc(NC(=O)CCCC2CCCCC2)c1. The lowest BCUT2D eigenvalue weighted by Crippen LogP contribution is -2.22. The second-order valence-electron chi connectivity index (χ2n) is 6.38. The Bertz CT molecular complexity index is 522. The zero-order valence-electron chi connectivity index (χ0n) is 14.1. The second-order valence-corrected chi connectivity index (χ2v) is 6.38. The van der Waals surface area contributed by atoms with Crippen molar-refractivity contribution in [3.63, 3.8) is 0 Å². The third-order valence-electron chi connectivity index (χ3n) is 4.49. The Kier molecular flexibility index (Phi) is 7.11. The van der Waals surface area contributed by atoms with Crippen LogP contribution in [0.3, 0.4) is 0 Å². The fourth-order valence-corrected chi connectivity index (χ4v) is 3.25. The van der Waals surface area contributed by atoms with Crippen LogP contribution in [0.5, 0.6) is 0 Å². The maximum Gasteiger partial charge on any atom is 0.251 e. The van der Waals surface area contributed by atoms with E-state index >= 15 is 0 Å². The highest BCUT2D eigenvalue weighted by Crippen LogP contribution is 2.27. The highest BCUT2D eigenvalue weighted by molar-refractivity contribution is 5.97. The van der Waals surface area contributed by atoms with Crippen LogP contribution in [0.4, 0.5) is 5.69 Å². The molecule has 0 radical (unpaired) electrons. The fraction of sp³-hybridized carbons (Fsp3) is 0.579. The number of anilines is 1. The van der Waals surface area contributed by atoms with Crippen molar-refractivity contribution in [3.05, 3.63) is 29.8 Å². The van der Waals surface area contributed by atoms with Crippen LogP contribution in [0.2, 0.25) is 0 Å². The van der Waals surface area contributed by atoms with Crippen molar-refractivity contribution in [1.82, 2.24) is 5.32 Å². The van der Waals surface area contributed by atoms with Crippen LogP contribution in [0.1, 0.15) is 68.6 Å². The summed E-state index contributed by atoms with van der Waals surface area (Å²) in [7, 11) is 0. The second kappa shape index (κ2) is 9.33. The largest absolute Gasteiger partial charge is 0.352 e. The molecule has 1 aromatic carbocycles. The molecule has 0 aliphatic heterocycles. The van der Waals surface area contributed by atoms with Crippen molar-refractivity contribution in [2.45, 2.75) is 58.3 Å². The van der Waals surface area contributed by atoms with Gasteiger partial charge in [0.15, 0.2) is 0 Å². The summed E-state index contributed by atoms with van der Waals surface area (Å²) in [6.07, 6.45) is 9.40. The highest BCUT2D eigenvalue weighted by Gasteiger charge is 2.14. The third kappa shape index (κ3) is 6.05. The molecule has 4 nitrogen and oxygen atoms in total. The van der Waals surface area contributed by atoms with Gasteiger partial charge in [0.2, 0.25) is 5.91 Å². The standard InChI is InChI=1S/C19H28N2O2/c1-2-20-19(23)16-11-7-12-17(14-16)21-18(22)13-6-10-15-8-4-3-5-9-15/h7,11-12,14-15H,2-6,8-10,13H2,1H3,(H,20,23)(H,21,22). The Hall–Kier alpha value is -1.84. The minimum atomic E-state index is -0.110. The van der Waals surface area contributed by atoms with Gasteiger partial charge < -0.3 is 10.6 Å². The summed E-state index contributed by atoms with van der Waals surface area (Å²) >= 11 is 0. The molecular weight excluding hydrogens is 288 g/mol. The highest BCUT2D eigenvalue weighted by atomic mass is 16.2. The van der Waals surface area contributed by atoms with Crippen molar-refractivity contribution >= 4 is 17.5 Å². The normalized spacial score (nSPS) is 15.2. The zero-order valence-corrected chi connectivity index (χ0v) is 14.1. The maximum absolute atomic E-state index is 12.0. The van der Waals surface area contributed by atoms with Crippen LogP contribution in [-0.4, -0.2) is 18.4 Å². The summed E-state index contributed by atoms with van der Waals surface area (Å²) in [4.78, 5) is 23.9. The van der Waals surface area contributed by atoms with Gasteiger partial charge in [0.05, 0.1) is 0 Å². The number of hydrogen-bond acceptors (Lipinski definition) is 2. The first-order valence-corrected chi connectivity index (χ1v) is 8.87. The molecule has 2 amide bonds. The summed E-state index contributed by atoms with van der Waals surface area (Å²) in [5.41, 5.74) is 1.27. The molecular formula is C19H28N2O2. The van der Waals surface area contributed by atoms with Gasteiger partial charge in [-0.2, -0.15) is 0 Å². The molecule has 23 heavy (non-hydrogen) atoms. The summed E-state index contributed by atoms with van der Waals surface area (Å²) in [5.74, 6) is 0.743. The van der Waals surface area contributed by atoms with E-state index in [1.165, 1.54) is 32.1 Å². The number of benzene rings is 1. The number of carbonyl (C=O) groups excluding carboxylic acids is 2. The Balaban J connectivity index is 1.76. The number of carbonyl (C=O) groups is 2. The van der Waals surface area contributed by atoms with Gasteiger partial charge in [0.25, 0.3) is 5.91 Å². The topological polar surface area (TPSA) is 58.2 Å². The molecule has 0 aromatic heterocycles. The van der Waals surface area contributed by atoms with Crippen molar-refractivity contribution in [3.8, 4) is 0 Å². The number of rotatable bonds is 7. The molecule has 2 N–H and O–H groups in total. The van der Waals surface area contributed by atoms with Gasteiger partial charge in [-0.1, -0.05) is 38.2 Å². The average Bonchev–Trinajstić information content (AvgIpc) is 2.56. The van der Waals surface area contributed by atoms with E-state index in [0.29, 0.717) is 24.2 Å². The first-order valence-electron chi connectivity index (χ1n) is 8.87. The van der Waals surface area contributed by atoms with Crippen molar-refractivity contribution in [2.75, 3.05) is 11.9 Å².